The van der Waals surface area contributed by atoms with E-state index in [0.717, 1.165) is 24.2 Å². The largest absolute Gasteiger partial charge is 0.325 e. The van der Waals surface area contributed by atoms with Crippen LogP contribution in [0.4, 0.5) is 0 Å². The van der Waals surface area contributed by atoms with Crippen molar-refractivity contribution in [3.63, 3.8) is 0 Å². The molecule has 0 amide bonds. The molecule has 0 aliphatic heterocycles. The van der Waals surface area contributed by atoms with Gasteiger partial charge in [-0.05, 0) is 31.4 Å². The summed E-state index contributed by atoms with van der Waals surface area (Å²) in [6.07, 6.45) is 1.88. The number of aryl methyl sites for hydroxylation is 1. The molecule has 0 saturated carbocycles. The third kappa shape index (κ3) is 2.96. The summed E-state index contributed by atoms with van der Waals surface area (Å²) < 4.78 is 0. The van der Waals surface area contributed by atoms with Gasteiger partial charge in [0, 0.05) is 17.6 Å². The third-order valence-corrected chi connectivity index (χ3v) is 2.81. The number of alkyl halides is 1. The number of aromatic nitrogens is 1. The maximum absolute atomic E-state index is 6.09. The highest BCUT2D eigenvalue weighted by Gasteiger charge is 2.06. The summed E-state index contributed by atoms with van der Waals surface area (Å²) in [5, 5.41) is 0.208. The van der Waals surface area contributed by atoms with Crippen molar-refractivity contribution in [2.75, 3.05) is 0 Å². The Morgan fingerprint density at radius 2 is 2.21 bits per heavy atom. The first-order valence-corrected chi connectivity index (χ1v) is 5.40. The molecule has 14 heavy (non-hydrogen) atoms. The van der Waals surface area contributed by atoms with Crippen LogP contribution in [0.25, 0.3) is 0 Å². The van der Waals surface area contributed by atoms with Gasteiger partial charge in [0.15, 0.2) is 0 Å². The molecule has 0 aliphatic rings. The molecule has 0 saturated heterocycles. The van der Waals surface area contributed by atoms with E-state index in [1.54, 1.807) is 0 Å². The van der Waals surface area contributed by atoms with Crippen molar-refractivity contribution in [1.82, 2.24) is 4.98 Å². The Morgan fingerprint density at radius 3 is 2.71 bits per heavy atom. The fourth-order valence-electron chi connectivity index (χ4n) is 1.35. The minimum absolute atomic E-state index is 0.208. The highest BCUT2D eigenvalue weighted by atomic mass is 35.5. The molecule has 0 fully saturated rings. The Labute approximate surface area is 90.5 Å². The molecular weight excluding hydrogens is 196 g/mol. The first-order valence-electron chi connectivity index (χ1n) is 4.97. The zero-order valence-electron chi connectivity index (χ0n) is 8.76. The van der Waals surface area contributed by atoms with Gasteiger partial charge in [0.2, 0.25) is 0 Å². The van der Waals surface area contributed by atoms with Crippen molar-refractivity contribution in [1.29, 1.82) is 0 Å². The summed E-state index contributed by atoms with van der Waals surface area (Å²) in [7, 11) is 0. The molecule has 1 aromatic heterocycles. The van der Waals surface area contributed by atoms with Crippen LogP contribution in [-0.4, -0.2) is 10.4 Å². The third-order valence-electron chi connectivity index (χ3n) is 2.35. The van der Waals surface area contributed by atoms with E-state index in [2.05, 4.69) is 18.0 Å². The van der Waals surface area contributed by atoms with Crippen LogP contribution >= 0.6 is 11.6 Å². The predicted molar refractivity (Wildman–Crippen MR) is 60.5 cm³/mol. The van der Waals surface area contributed by atoms with E-state index in [0.29, 0.717) is 6.54 Å². The molecular formula is C11H17ClN2. The lowest BCUT2D eigenvalue weighted by Crippen LogP contribution is -2.07. The molecule has 2 N–H and O–H groups in total. The van der Waals surface area contributed by atoms with Gasteiger partial charge in [-0.25, -0.2) is 0 Å². The van der Waals surface area contributed by atoms with Crippen LogP contribution in [0.5, 0.6) is 0 Å². The summed E-state index contributed by atoms with van der Waals surface area (Å²) in [6.45, 7) is 4.60. The van der Waals surface area contributed by atoms with Crippen LogP contribution in [0.3, 0.4) is 0 Å². The van der Waals surface area contributed by atoms with E-state index in [-0.39, 0.29) is 5.38 Å². The Kier molecular flexibility index (Phi) is 4.36. The van der Waals surface area contributed by atoms with Gasteiger partial charge < -0.3 is 5.73 Å². The quantitative estimate of drug-likeness (QED) is 0.779. The maximum Gasteiger partial charge on any atom is 0.0542 e. The second kappa shape index (κ2) is 5.32. The molecule has 0 radical (unpaired) electrons. The van der Waals surface area contributed by atoms with Crippen molar-refractivity contribution >= 4 is 11.6 Å². The fourth-order valence-corrected chi connectivity index (χ4v) is 1.52. The van der Waals surface area contributed by atoms with Crippen molar-refractivity contribution in [3.05, 3.63) is 29.1 Å². The van der Waals surface area contributed by atoms with Crippen LogP contribution in [0.15, 0.2) is 12.1 Å². The van der Waals surface area contributed by atoms with Crippen molar-refractivity contribution in [2.24, 2.45) is 5.73 Å². The van der Waals surface area contributed by atoms with Crippen LogP contribution in [0, 0.1) is 6.92 Å². The normalized spacial score (nSPS) is 12.9. The Morgan fingerprint density at radius 1 is 1.50 bits per heavy atom. The van der Waals surface area contributed by atoms with E-state index in [1.165, 1.54) is 5.56 Å². The summed E-state index contributed by atoms with van der Waals surface area (Å²) >= 11 is 6.09. The first kappa shape index (κ1) is 11.5. The minimum Gasteiger partial charge on any atom is -0.325 e. The van der Waals surface area contributed by atoms with E-state index < -0.39 is 0 Å². The van der Waals surface area contributed by atoms with Gasteiger partial charge in [0.1, 0.15) is 0 Å². The number of nitrogens with two attached hydrogens (primary N) is 1. The number of hydrogen-bond donors (Lipinski definition) is 1. The number of pyridine rings is 1. The molecule has 1 atom stereocenters. The molecule has 1 rings (SSSR count). The Balaban J connectivity index is 2.78. The molecule has 1 aromatic rings. The monoisotopic (exact) mass is 212 g/mol. The van der Waals surface area contributed by atoms with E-state index in [4.69, 9.17) is 17.3 Å². The summed E-state index contributed by atoms with van der Waals surface area (Å²) in [5.74, 6) is 0. The molecule has 0 aromatic carbocycles. The van der Waals surface area contributed by atoms with E-state index in [9.17, 15) is 0 Å². The van der Waals surface area contributed by atoms with Crippen LogP contribution in [0.1, 0.15) is 30.3 Å². The second-order valence-corrected chi connectivity index (χ2v) is 4.08. The van der Waals surface area contributed by atoms with Gasteiger partial charge in [-0.2, -0.15) is 0 Å². The molecule has 1 heterocycles. The molecule has 0 unspecified atom stereocenters. The standard InChI is InChI=1S/C11H17ClN2/c1-3-10(12)6-9-4-5-11(7-13)14-8(9)2/h4-5,10H,3,6-7,13H2,1-2H3/t10-/m1/s1. The van der Waals surface area contributed by atoms with Gasteiger partial charge in [-0.1, -0.05) is 13.0 Å². The van der Waals surface area contributed by atoms with E-state index >= 15 is 0 Å². The lowest BCUT2D eigenvalue weighted by Gasteiger charge is -2.09. The first-order chi connectivity index (χ1) is 6.67. The summed E-state index contributed by atoms with van der Waals surface area (Å²) in [5.41, 5.74) is 8.72. The molecule has 0 aliphatic carbocycles. The summed E-state index contributed by atoms with van der Waals surface area (Å²) in [6, 6.07) is 4.05. The highest BCUT2D eigenvalue weighted by molar-refractivity contribution is 6.20. The Bertz CT molecular complexity index is 299. The van der Waals surface area contributed by atoms with Gasteiger partial charge in [-0.3, -0.25) is 4.98 Å². The second-order valence-electron chi connectivity index (χ2n) is 3.46. The smallest absolute Gasteiger partial charge is 0.0542 e. The van der Waals surface area contributed by atoms with Gasteiger partial charge in [0.05, 0.1) is 5.69 Å². The van der Waals surface area contributed by atoms with Crippen molar-refractivity contribution < 1.29 is 0 Å². The zero-order valence-corrected chi connectivity index (χ0v) is 9.51. The van der Waals surface area contributed by atoms with Crippen molar-refractivity contribution in [3.8, 4) is 0 Å². The fraction of sp³-hybridized carbons (Fsp3) is 0.545. The van der Waals surface area contributed by atoms with Crippen LogP contribution in [-0.2, 0) is 13.0 Å². The van der Waals surface area contributed by atoms with Crippen molar-refractivity contribution in [2.45, 2.75) is 38.6 Å². The van der Waals surface area contributed by atoms with Gasteiger partial charge in [-0.15, -0.1) is 11.6 Å². The number of nitrogens with zero attached hydrogens (tertiary/aromatic N) is 1. The number of halogens is 1. The predicted octanol–water partition coefficient (Wildman–Crippen LogP) is 2.41. The van der Waals surface area contributed by atoms with Gasteiger partial charge >= 0.3 is 0 Å². The van der Waals surface area contributed by atoms with Gasteiger partial charge in [0.25, 0.3) is 0 Å². The highest BCUT2D eigenvalue weighted by Crippen LogP contribution is 2.14. The zero-order chi connectivity index (χ0) is 10.6. The Hall–Kier alpha value is -0.600. The molecule has 3 heteroatoms. The lowest BCUT2D eigenvalue weighted by molar-refractivity contribution is 0.792. The minimum atomic E-state index is 0.208. The average molecular weight is 213 g/mol. The SMILES string of the molecule is CC[C@@H](Cl)Cc1ccc(CN)nc1C. The molecule has 2 nitrogen and oxygen atoms in total. The van der Waals surface area contributed by atoms with E-state index in [1.807, 2.05) is 13.0 Å². The number of rotatable bonds is 4. The molecule has 0 bridgehead atoms. The lowest BCUT2D eigenvalue weighted by atomic mass is 10.1. The van der Waals surface area contributed by atoms with Crippen LogP contribution < -0.4 is 5.73 Å². The van der Waals surface area contributed by atoms with Crippen LogP contribution in [0.2, 0.25) is 0 Å². The summed E-state index contributed by atoms with van der Waals surface area (Å²) in [4.78, 5) is 4.40. The molecule has 78 valence electrons. The number of hydrogen-bond acceptors (Lipinski definition) is 2. The average Bonchev–Trinajstić information content (AvgIpc) is 2.20. The topological polar surface area (TPSA) is 38.9 Å². The molecule has 0 spiro atoms. The maximum atomic E-state index is 6.09.